The molecule has 1 aliphatic carbocycles. The highest BCUT2D eigenvalue weighted by molar-refractivity contribution is 7.99. The highest BCUT2D eigenvalue weighted by atomic mass is 35.5. The van der Waals surface area contributed by atoms with E-state index < -0.39 is 0 Å². The molecule has 0 spiro atoms. The Balaban J connectivity index is 1.44. The van der Waals surface area contributed by atoms with Crippen molar-refractivity contribution in [2.75, 3.05) is 12.4 Å². The summed E-state index contributed by atoms with van der Waals surface area (Å²) in [6.45, 7) is 1.16. The lowest BCUT2D eigenvalue weighted by Crippen LogP contribution is -2.29. The van der Waals surface area contributed by atoms with E-state index in [9.17, 15) is 9.59 Å². The zero-order chi connectivity index (χ0) is 21.4. The summed E-state index contributed by atoms with van der Waals surface area (Å²) in [6, 6.07) is 11.1. The van der Waals surface area contributed by atoms with Crippen LogP contribution in [0.2, 0.25) is 5.02 Å². The van der Waals surface area contributed by atoms with Crippen LogP contribution in [0.25, 0.3) is 10.9 Å². The number of benzene rings is 2. The van der Waals surface area contributed by atoms with Gasteiger partial charge in [-0.15, -0.1) is 0 Å². The van der Waals surface area contributed by atoms with Gasteiger partial charge in [-0.1, -0.05) is 35.5 Å². The van der Waals surface area contributed by atoms with Crippen molar-refractivity contribution in [3.8, 4) is 0 Å². The zero-order valence-electron chi connectivity index (χ0n) is 17.1. The summed E-state index contributed by atoms with van der Waals surface area (Å²) in [5, 5.41) is 1.59. The van der Waals surface area contributed by atoms with Crippen molar-refractivity contribution in [3.05, 3.63) is 68.5 Å². The second-order valence-corrected chi connectivity index (χ2v) is 9.53. The SMILES string of the molecule is O=C(CSc1nc2cc(Cl)ccc2c(=O)n1C[C@@H]1CCCO1)c1ccc2c(c1)CCC2. The van der Waals surface area contributed by atoms with Crippen LogP contribution in [0.15, 0.2) is 46.3 Å². The Hall–Kier alpha value is -2.15. The number of thioether (sulfide) groups is 1. The molecule has 1 fully saturated rings. The third kappa shape index (κ3) is 4.29. The van der Waals surface area contributed by atoms with E-state index in [2.05, 4.69) is 6.07 Å². The third-order valence-corrected chi connectivity index (χ3v) is 7.26. The standard InChI is InChI=1S/C24H23ClN2O3S/c25-18-8-9-20-21(12-18)26-24(27(23(20)29)13-19-5-2-10-30-19)31-14-22(28)17-7-6-15-3-1-4-16(15)11-17/h6-9,11-12,19H,1-5,10,13-14H2/t19-/m0/s1. The quantitative estimate of drug-likeness (QED) is 0.307. The minimum Gasteiger partial charge on any atom is -0.376 e. The number of halogens is 1. The number of carbonyl (C=O) groups excluding carboxylic acids is 1. The summed E-state index contributed by atoms with van der Waals surface area (Å²) in [6.07, 6.45) is 5.20. The van der Waals surface area contributed by atoms with E-state index in [-0.39, 0.29) is 23.2 Å². The van der Waals surface area contributed by atoms with Gasteiger partial charge in [0.05, 0.1) is 29.3 Å². The number of nitrogens with zero attached hydrogens (tertiary/aromatic N) is 2. The number of ketones is 1. The van der Waals surface area contributed by atoms with E-state index in [1.54, 1.807) is 22.8 Å². The highest BCUT2D eigenvalue weighted by Gasteiger charge is 2.21. The van der Waals surface area contributed by atoms with Gasteiger partial charge < -0.3 is 4.74 Å². The van der Waals surface area contributed by atoms with Gasteiger partial charge in [-0.25, -0.2) is 4.98 Å². The van der Waals surface area contributed by atoms with Gasteiger partial charge in [0, 0.05) is 17.2 Å². The van der Waals surface area contributed by atoms with Gasteiger partial charge in [0.1, 0.15) is 0 Å². The molecule has 0 bridgehead atoms. The average Bonchev–Trinajstić information content (AvgIpc) is 3.45. The van der Waals surface area contributed by atoms with Crippen LogP contribution < -0.4 is 5.56 Å². The maximum absolute atomic E-state index is 13.2. The Kier molecular flexibility index (Phi) is 5.87. The third-order valence-electron chi connectivity index (χ3n) is 6.05. The lowest BCUT2D eigenvalue weighted by Gasteiger charge is -2.16. The first-order chi connectivity index (χ1) is 15.1. The molecule has 160 valence electrons. The monoisotopic (exact) mass is 454 g/mol. The van der Waals surface area contributed by atoms with Crippen molar-refractivity contribution < 1.29 is 9.53 Å². The number of hydrogen-bond donors (Lipinski definition) is 0. The first-order valence-corrected chi connectivity index (χ1v) is 12.0. The van der Waals surface area contributed by atoms with Crippen molar-refractivity contribution in [3.63, 3.8) is 0 Å². The summed E-state index contributed by atoms with van der Waals surface area (Å²) in [5.41, 5.74) is 3.79. The van der Waals surface area contributed by atoms with Crippen LogP contribution in [-0.2, 0) is 24.1 Å². The van der Waals surface area contributed by atoms with E-state index in [4.69, 9.17) is 21.3 Å². The molecule has 7 heteroatoms. The first-order valence-electron chi connectivity index (χ1n) is 10.7. The molecule has 0 unspecified atom stereocenters. The number of ether oxygens (including phenoxy) is 1. The lowest BCUT2D eigenvalue weighted by molar-refractivity contribution is 0.0937. The maximum Gasteiger partial charge on any atom is 0.262 e. The van der Waals surface area contributed by atoms with Crippen LogP contribution >= 0.6 is 23.4 Å². The Bertz CT molecular complexity index is 1220. The largest absolute Gasteiger partial charge is 0.376 e. The fourth-order valence-electron chi connectivity index (χ4n) is 4.40. The summed E-state index contributed by atoms with van der Waals surface area (Å²) in [5.74, 6) is 0.270. The minimum atomic E-state index is -0.121. The fourth-order valence-corrected chi connectivity index (χ4v) is 5.47. The molecule has 0 radical (unpaired) electrons. The maximum atomic E-state index is 13.2. The number of carbonyl (C=O) groups is 1. The topological polar surface area (TPSA) is 61.2 Å². The van der Waals surface area contributed by atoms with Gasteiger partial charge >= 0.3 is 0 Å². The molecule has 1 saturated heterocycles. The van der Waals surface area contributed by atoms with Crippen molar-refractivity contribution in [1.29, 1.82) is 0 Å². The Morgan fingerprint density at radius 2 is 2.03 bits per heavy atom. The van der Waals surface area contributed by atoms with Gasteiger partial charge in [-0.3, -0.25) is 14.2 Å². The van der Waals surface area contributed by atoms with Gasteiger partial charge in [-0.2, -0.15) is 0 Å². The van der Waals surface area contributed by atoms with Crippen LogP contribution in [0.4, 0.5) is 0 Å². The Labute approximate surface area is 189 Å². The lowest BCUT2D eigenvalue weighted by atomic mass is 10.0. The van der Waals surface area contributed by atoms with Crippen molar-refractivity contribution in [1.82, 2.24) is 9.55 Å². The van der Waals surface area contributed by atoms with Crippen LogP contribution in [0.3, 0.4) is 0 Å². The van der Waals surface area contributed by atoms with Crippen molar-refractivity contribution in [2.24, 2.45) is 0 Å². The number of rotatable bonds is 6. The van der Waals surface area contributed by atoms with Crippen LogP contribution in [-0.4, -0.2) is 33.8 Å². The second kappa shape index (κ2) is 8.77. The molecule has 2 aromatic carbocycles. The molecule has 2 heterocycles. The molecule has 2 aliphatic rings. The molecule has 1 atom stereocenters. The summed E-state index contributed by atoms with van der Waals surface area (Å²) in [7, 11) is 0. The Morgan fingerprint density at radius 1 is 1.16 bits per heavy atom. The van der Waals surface area contributed by atoms with Crippen LogP contribution in [0.1, 0.15) is 40.7 Å². The van der Waals surface area contributed by atoms with E-state index in [1.165, 1.54) is 22.9 Å². The van der Waals surface area contributed by atoms with Crippen LogP contribution in [0, 0.1) is 0 Å². The van der Waals surface area contributed by atoms with Gasteiger partial charge in [-0.05, 0) is 67.5 Å². The molecular weight excluding hydrogens is 432 g/mol. The molecule has 0 amide bonds. The van der Waals surface area contributed by atoms with Crippen molar-refractivity contribution >= 4 is 40.0 Å². The van der Waals surface area contributed by atoms with Gasteiger partial charge in [0.2, 0.25) is 0 Å². The van der Waals surface area contributed by atoms with Crippen LogP contribution in [0.5, 0.6) is 0 Å². The van der Waals surface area contributed by atoms with Gasteiger partial charge in [0.15, 0.2) is 10.9 Å². The number of fused-ring (bicyclic) bond motifs is 2. The number of aryl methyl sites for hydroxylation is 2. The normalized spacial score (nSPS) is 17.9. The first kappa shape index (κ1) is 20.7. The smallest absolute Gasteiger partial charge is 0.262 e. The molecule has 5 rings (SSSR count). The Morgan fingerprint density at radius 3 is 2.87 bits per heavy atom. The van der Waals surface area contributed by atoms with Gasteiger partial charge in [0.25, 0.3) is 5.56 Å². The zero-order valence-corrected chi connectivity index (χ0v) is 18.7. The molecular formula is C24H23ClN2O3S. The minimum absolute atomic E-state index is 0.00369. The molecule has 3 aromatic rings. The average molecular weight is 455 g/mol. The molecule has 0 saturated carbocycles. The van der Waals surface area contributed by atoms with E-state index in [0.717, 1.165) is 44.3 Å². The van der Waals surface area contributed by atoms with E-state index >= 15 is 0 Å². The van der Waals surface area contributed by atoms with E-state index in [1.807, 2.05) is 12.1 Å². The summed E-state index contributed by atoms with van der Waals surface area (Å²) < 4.78 is 7.41. The fraction of sp³-hybridized carbons (Fsp3) is 0.375. The predicted molar refractivity (Wildman–Crippen MR) is 124 cm³/mol. The summed E-state index contributed by atoms with van der Waals surface area (Å²) in [4.78, 5) is 30.8. The molecule has 0 N–H and O–H groups in total. The number of aromatic nitrogens is 2. The second-order valence-electron chi connectivity index (χ2n) is 8.16. The predicted octanol–water partition coefficient (Wildman–Crippen LogP) is 4.69. The number of hydrogen-bond acceptors (Lipinski definition) is 5. The highest BCUT2D eigenvalue weighted by Crippen LogP contribution is 2.26. The molecule has 1 aliphatic heterocycles. The summed E-state index contributed by atoms with van der Waals surface area (Å²) >= 11 is 7.43. The molecule has 1 aromatic heterocycles. The molecule has 5 nitrogen and oxygen atoms in total. The number of Topliss-reactive ketones (excluding diaryl/α,β-unsaturated/α-hetero) is 1. The molecule has 31 heavy (non-hydrogen) atoms. The van der Waals surface area contributed by atoms with E-state index in [0.29, 0.717) is 27.6 Å². The van der Waals surface area contributed by atoms with Crippen molar-refractivity contribution in [2.45, 2.75) is 49.9 Å².